The molecule has 0 radical (unpaired) electrons. The minimum Gasteiger partial charge on any atom is -0.497 e. The van der Waals surface area contributed by atoms with Gasteiger partial charge in [0, 0.05) is 30.4 Å². The van der Waals surface area contributed by atoms with Gasteiger partial charge in [0.25, 0.3) is 0 Å². The van der Waals surface area contributed by atoms with Gasteiger partial charge in [-0.25, -0.2) is 9.97 Å². The van der Waals surface area contributed by atoms with E-state index in [1.54, 1.807) is 7.11 Å². The molecule has 1 aromatic heterocycles. The van der Waals surface area contributed by atoms with Gasteiger partial charge in [-0.3, -0.25) is 0 Å². The Kier molecular flexibility index (Phi) is 5.87. The van der Waals surface area contributed by atoms with E-state index in [-0.39, 0.29) is 0 Å². The number of aryl methyl sites for hydroxylation is 1. The second-order valence-corrected chi connectivity index (χ2v) is 6.69. The summed E-state index contributed by atoms with van der Waals surface area (Å²) in [5, 5.41) is 0. The Bertz CT molecular complexity index is 679. The first-order chi connectivity index (χ1) is 12.2. The van der Waals surface area contributed by atoms with E-state index in [2.05, 4.69) is 17.9 Å². The van der Waals surface area contributed by atoms with Crippen molar-refractivity contribution in [1.82, 2.24) is 9.97 Å². The molecule has 134 valence electrons. The number of hydrogen-bond donors (Lipinski definition) is 1. The van der Waals surface area contributed by atoms with Crippen LogP contribution in [0.5, 0.6) is 5.75 Å². The van der Waals surface area contributed by atoms with Gasteiger partial charge in [0.15, 0.2) is 5.82 Å². The Balaban J connectivity index is 1.88. The number of hydrogen-bond acceptors (Lipinski definition) is 5. The predicted molar refractivity (Wildman–Crippen MR) is 102 cm³/mol. The van der Waals surface area contributed by atoms with Crippen LogP contribution in [0, 0.1) is 5.92 Å². The third-order valence-electron chi connectivity index (χ3n) is 4.89. The summed E-state index contributed by atoms with van der Waals surface area (Å²) >= 11 is 0. The number of piperidine rings is 1. The number of methoxy groups -OCH3 is 1. The van der Waals surface area contributed by atoms with E-state index >= 15 is 0 Å². The zero-order chi connectivity index (χ0) is 17.6. The van der Waals surface area contributed by atoms with E-state index in [1.165, 1.54) is 0 Å². The third kappa shape index (κ3) is 4.28. The number of benzene rings is 1. The molecule has 5 heteroatoms. The van der Waals surface area contributed by atoms with Gasteiger partial charge in [0.1, 0.15) is 11.6 Å². The highest BCUT2D eigenvalue weighted by atomic mass is 16.5. The van der Waals surface area contributed by atoms with E-state index in [0.29, 0.717) is 5.92 Å². The molecule has 2 aromatic rings. The maximum Gasteiger partial charge on any atom is 0.161 e. The number of nitrogens with two attached hydrogens (primary N) is 1. The van der Waals surface area contributed by atoms with Crippen molar-refractivity contribution in [2.45, 2.75) is 32.6 Å². The van der Waals surface area contributed by atoms with Crippen LogP contribution in [0.1, 0.15) is 31.9 Å². The summed E-state index contributed by atoms with van der Waals surface area (Å²) in [4.78, 5) is 12.0. The average molecular weight is 340 g/mol. The van der Waals surface area contributed by atoms with Crippen LogP contribution in [0.15, 0.2) is 30.3 Å². The van der Waals surface area contributed by atoms with Gasteiger partial charge in [-0.1, -0.05) is 13.3 Å². The standard InChI is InChI=1S/C20H28N4O/c1-3-4-17-13-19(24-11-9-15(14-21)10-12-24)23-20(22-17)16-5-7-18(25-2)8-6-16/h5-8,13,15H,3-4,9-12,14,21H2,1-2H3. The van der Waals surface area contributed by atoms with Gasteiger partial charge in [0.05, 0.1) is 7.11 Å². The molecule has 3 rings (SSSR count). The highest BCUT2D eigenvalue weighted by Crippen LogP contribution is 2.26. The number of aromatic nitrogens is 2. The average Bonchev–Trinajstić information content (AvgIpc) is 2.68. The zero-order valence-electron chi connectivity index (χ0n) is 15.2. The minimum atomic E-state index is 0.647. The quantitative estimate of drug-likeness (QED) is 0.874. The zero-order valence-corrected chi connectivity index (χ0v) is 15.2. The van der Waals surface area contributed by atoms with Gasteiger partial charge < -0.3 is 15.4 Å². The number of rotatable bonds is 6. The fourth-order valence-electron chi connectivity index (χ4n) is 3.30. The van der Waals surface area contributed by atoms with Crippen molar-refractivity contribution in [3.63, 3.8) is 0 Å². The van der Waals surface area contributed by atoms with Crippen LogP contribution in [0.2, 0.25) is 0 Å². The van der Waals surface area contributed by atoms with E-state index < -0.39 is 0 Å². The number of ether oxygens (including phenoxy) is 1. The molecule has 1 aliphatic rings. The molecule has 0 unspecified atom stereocenters. The first-order valence-electron chi connectivity index (χ1n) is 9.21. The molecule has 5 nitrogen and oxygen atoms in total. The van der Waals surface area contributed by atoms with Crippen LogP contribution in [-0.4, -0.2) is 36.7 Å². The lowest BCUT2D eigenvalue weighted by atomic mass is 9.97. The van der Waals surface area contributed by atoms with Gasteiger partial charge >= 0.3 is 0 Å². The monoisotopic (exact) mass is 340 g/mol. The van der Waals surface area contributed by atoms with E-state index in [1.807, 2.05) is 24.3 Å². The smallest absolute Gasteiger partial charge is 0.161 e. The first kappa shape index (κ1) is 17.7. The Morgan fingerprint density at radius 1 is 1.16 bits per heavy atom. The summed E-state index contributed by atoms with van der Waals surface area (Å²) < 4.78 is 5.25. The lowest BCUT2D eigenvalue weighted by Gasteiger charge is -2.32. The SMILES string of the molecule is CCCc1cc(N2CCC(CN)CC2)nc(-c2ccc(OC)cc2)n1. The topological polar surface area (TPSA) is 64.3 Å². The van der Waals surface area contributed by atoms with E-state index in [9.17, 15) is 0 Å². The van der Waals surface area contributed by atoms with Gasteiger partial charge in [-0.05, 0) is 56.0 Å². The molecule has 2 heterocycles. The Morgan fingerprint density at radius 3 is 2.48 bits per heavy atom. The predicted octanol–water partition coefficient (Wildman–Crippen LogP) is 3.28. The summed E-state index contributed by atoms with van der Waals surface area (Å²) in [5.41, 5.74) is 7.96. The second-order valence-electron chi connectivity index (χ2n) is 6.69. The van der Waals surface area contributed by atoms with Crippen molar-refractivity contribution in [1.29, 1.82) is 0 Å². The maximum absolute atomic E-state index is 5.82. The van der Waals surface area contributed by atoms with E-state index in [4.69, 9.17) is 20.4 Å². The van der Waals surface area contributed by atoms with Crippen LogP contribution < -0.4 is 15.4 Å². The Hall–Kier alpha value is -2.14. The molecular weight excluding hydrogens is 312 g/mol. The molecule has 0 amide bonds. The fourth-order valence-corrected chi connectivity index (χ4v) is 3.30. The molecule has 0 saturated carbocycles. The van der Waals surface area contributed by atoms with Gasteiger partial charge in [-0.2, -0.15) is 0 Å². The summed E-state index contributed by atoms with van der Waals surface area (Å²) in [7, 11) is 1.68. The van der Waals surface area contributed by atoms with Crippen molar-refractivity contribution in [3.05, 3.63) is 36.0 Å². The van der Waals surface area contributed by atoms with Crippen molar-refractivity contribution in [2.75, 3.05) is 31.6 Å². The summed E-state index contributed by atoms with van der Waals surface area (Å²) in [6.45, 7) is 5.01. The third-order valence-corrected chi connectivity index (χ3v) is 4.89. The Morgan fingerprint density at radius 2 is 1.88 bits per heavy atom. The molecule has 1 saturated heterocycles. The fraction of sp³-hybridized carbons (Fsp3) is 0.500. The molecule has 2 N–H and O–H groups in total. The summed E-state index contributed by atoms with van der Waals surface area (Å²) in [6, 6.07) is 10.1. The Labute approximate surface area is 150 Å². The highest BCUT2D eigenvalue weighted by molar-refractivity contribution is 5.59. The second kappa shape index (κ2) is 8.30. The molecule has 0 aliphatic carbocycles. The molecule has 25 heavy (non-hydrogen) atoms. The van der Waals surface area contributed by atoms with Crippen LogP contribution in [0.3, 0.4) is 0 Å². The number of anilines is 1. The largest absolute Gasteiger partial charge is 0.497 e. The van der Waals surface area contributed by atoms with Crippen LogP contribution in [-0.2, 0) is 6.42 Å². The lowest BCUT2D eigenvalue weighted by Crippen LogP contribution is -2.36. The van der Waals surface area contributed by atoms with Crippen molar-refractivity contribution < 1.29 is 4.74 Å². The summed E-state index contributed by atoms with van der Waals surface area (Å²) in [5.74, 6) is 3.33. The van der Waals surface area contributed by atoms with Crippen LogP contribution in [0.4, 0.5) is 5.82 Å². The molecule has 0 spiro atoms. The molecule has 0 atom stereocenters. The van der Waals surface area contributed by atoms with Gasteiger partial charge in [-0.15, -0.1) is 0 Å². The number of nitrogens with zero attached hydrogens (tertiary/aromatic N) is 3. The summed E-state index contributed by atoms with van der Waals surface area (Å²) in [6.07, 6.45) is 4.33. The molecule has 0 bridgehead atoms. The van der Waals surface area contributed by atoms with E-state index in [0.717, 1.165) is 74.0 Å². The molecule has 1 fully saturated rings. The van der Waals surface area contributed by atoms with Crippen LogP contribution in [0.25, 0.3) is 11.4 Å². The lowest BCUT2D eigenvalue weighted by molar-refractivity contribution is 0.413. The van der Waals surface area contributed by atoms with Crippen molar-refractivity contribution in [3.8, 4) is 17.1 Å². The maximum atomic E-state index is 5.82. The molecule has 1 aliphatic heterocycles. The van der Waals surface area contributed by atoms with Gasteiger partial charge in [0.2, 0.25) is 0 Å². The normalized spacial score (nSPS) is 15.4. The van der Waals surface area contributed by atoms with Crippen molar-refractivity contribution >= 4 is 5.82 Å². The van der Waals surface area contributed by atoms with Crippen LogP contribution >= 0.6 is 0 Å². The first-order valence-corrected chi connectivity index (χ1v) is 9.21. The molecular formula is C20H28N4O. The van der Waals surface area contributed by atoms with Crippen molar-refractivity contribution in [2.24, 2.45) is 11.7 Å². The highest BCUT2D eigenvalue weighted by Gasteiger charge is 2.20. The minimum absolute atomic E-state index is 0.647. The molecule has 1 aromatic carbocycles.